The molecule has 0 amide bonds. The van der Waals surface area contributed by atoms with Gasteiger partial charge in [-0.05, 0) is 11.1 Å². The van der Waals surface area contributed by atoms with Crippen molar-refractivity contribution in [3.05, 3.63) is 71.8 Å². The number of carbonyl (C=O) groups is 1. The molecule has 3 rings (SSSR count). The van der Waals surface area contributed by atoms with Gasteiger partial charge in [0.2, 0.25) is 0 Å². The molecule has 2 aromatic carbocycles. The first kappa shape index (κ1) is 16.6. The lowest BCUT2D eigenvalue weighted by Gasteiger charge is -2.40. The predicted octanol–water partition coefficient (Wildman–Crippen LogP) is 2.59. The van der Waals surface area contributed by atoms with Crippen molar-refractivity contribution in [3.8, 4) is 0 Å². The van der Waals surface area contributed by atoms with E-state index in [4.69, 9.17) is 5.41 Å². The number of hydrogen-bond acceptors (Lipinski definition) is 4. The van der Waals surface area contributed by atoms with Crippen LogP contribution in [0, 0.1) is 5.41 Å². The van der Waals surface area contributed by atoms with Gasteiger partial charge in [0.05, 0.1) is 12.3 Å². The second-order valence-corrected chi connectivity index (χ2v) is 6.24. The van der Waals surface area contributed by atoms with Crippen LogP contribution in [-0.2, 0) is 17.9 Å². The molecule has 4 heteroatoms. The minimum Gasteiger partial charge on any atom is -0.305 e. The standard InChI is InChI=1S/C20H23N3O/c21-13-20(24)19-16-22(14-17-7-3-1-4-8-17)11-12-23(19)15-18-9-5-2-6-10-18/h1-10,13,19,21H,11-12,14-16H2. The van der Waals surface area contributed by atoms with Gasteiger partial charge in [0.15, 0.2) is 5.78 Å². The summed E-state index contributed by atoms with van der Waals surface area (Å²) in [5.74, 6) is -0.108. The van der Waals surface area contributed by atoms with Crippen LogP contribution < -0.4 is 0 Å². The smallest absolute Gasteiger partial charge is 0.191 e. The van der Waals surface area contributed by atoms with Gasteiger partial charge in [-0.1, -0.05) is 60.7 Å². The lowest BCUT2D eigenvalue weighted by Crippen LogP contribution is -2.55. The van der Waals surface area contributed by atoms with Crippen molar-refractivity contribution in [1.82, 2.24) is 9.80 Å². The van der Waals surface area contributed by atoms with Crippen molar-refractivity contribution in [2.24, 2.45) is 0 Å². The van der Waals surface area contributed by atoms with Gasteiger partial charge in [-0.25, -0.2) is 0 Å². The van der Waals surface area contributed by atoms with Gasteiger partial charge < -0.3 is 5.41 Å². The fourth-order valence-corrected chi connectivity index (χ4v) is 3.24. The highest BCUT2D eigenvalue weighted by Crippen LogP contribution is 2.17. The maximum atomic E-state index is 12.3. The van der Waals surface area contributed by atoms with Crippen molar-refractivity contribution in [2.45, 2.75) is 19.1 Å². The number of rotatable bonds is 6. The summed E-state index contributed by atoms with van der Waals surface area (Å²) in [6.07, 6.45) is 0.967. The molecule has 0 aromatic heterocycles. The van der Waals surface area contributed by atoms with Crippen LogP contribution >= 0.6 is 0 Å². The quantitative estimate of drug-likeness (QED) is 0.832. The Bertz CT molecular complexity index is 672. The molecule has 1 atom stereocenters. The molecule has 2 aromatic rings. The van der Waals surface area contributed by atoms with Gasteiger partial charge in [-0.3, -0.25) is 14.6 Å². The first-order chi connectivity index (χ1) is 11.8. The highest BCUT2D eigenvalue weighted by molar-refractivity contribution is 6.28. The van der Waals surface area contributed by atoms with E-state index < -0.39 is 0 Å². The van der Waals surface area contributed by atoms with E-state index >= 15 is 0 Å². The molecular formula is C20H23N3O. The number of Topliss-reactive ketones (excluding diaryl/α,β-unsaturated/α-hetero) is 1. The molecule has 1 aliphatic heterocycles. The Balaban J connectivity index is 1.68. The van der Waals surface area contributed by atoms with Crippen LogP contribution in [0.3, 0.4) is 0 Å². The Hall–Kier alpha value is -2.30. The largest absolute Gasteiger partial charge is 0.305 e. The Morgan fingerprint density at radius 2 is 1.54 bits per heavy atom. The van der Waals surface area contributed by atoms with E-state index in [1.807, 2.05) is 36.4 Å². The number of nitrogens with one attached hydrogen (secondary N) is 1. The maximum Gasteiger partial charge on any atom is 0.191 e. The zero-order valence-corrected chi connectivity index (χ0v) is 13.8. The SMILES string of the molecule is N=CC(=O)C1CN(Cc2ccccc2)CCN1Cc1ccccc1. The molecule has 0 radical (unpaired) electrons. The highest BCUT2D eigenvalue weighted by Gasteiger charge is 2.31. The summed E-state index contributed by atoms with van der Waals surface area (Å²) in [7, 11) is 0. The number of carbonyl (C=O) groups excluding carboxylic acids is 1. The third kappa shape index (κ3) is 4.16. The van der Waals surface area contributed by atoms with Crippen molar-refractivity contribution in [3.63, 3.8) is 0 Å². The van der Waals surface area contributed by atoms with Crippen LogP contribution in [0.15, 0.2) is 60.7 Å². The van der Waals surface area contributed by atoms with Crippen molar-refractivity contribution >= 4 is 12.0 Å². The topological polar surface area (TPSA) is 47.4 Å². The summed E-state index contributed by atoms with van der Waals surface area (Å²) in [6, 6.07) is 20.3. The number of nitrogens with zero attached hydrogens (tertiary/aromatic N) is 2. The van der Waals surface area contributed by atoms with Crippen LogP contribution in [-0.4, -0.2) is 47.5 Å². The van der Waals surface area contributed by atoms with Crippen LogP contribution in [0.2, 0.25) is 0 Å². The zero-order valence-electron chi connectivity index (χ0n) is 13.8. The average molecular weight is 321 g/mol. The fraction of sp³-hybridized carbons (Fsp3) is 0.300. The summed E-state index contributed by atoms with van der Waals surface area (Å²) in [5.41, 5.74) is 2.46. The lowest BCUT2D eigenvalue weighted by atomic mass is 10.1. The number of piperazine rings is 1. The van der Waals surface area contributed by atoms with Gasteiger partial charge in [0, 0.05) is 32.7 Å². The third-order valence-electron chi connectivity index (χ3n) is 4.52. The fourth-order valence-electron chi connectivity index (χ4n) is 3.24. The van der Waals surface area contributed by atoms with Crippen LogP contribution in [0.1, 0.15) is 11.1 Å². The second-order valence-electron chi connectivity index (χ2n) is 6.24. The summed E-state index contributed by atoms with van der Waals surface area (Å²) in [6.45, 7) is 4.05. The molecule has 4 nitrogen and oxygen atoms in total. The molecule has 1 heterocycles. The minimum atomic E-state index is -0.236. The summed E-state index contributed by atoms with van der Waals surface area (Å²) in [5, 5.41) is 7.38. The van der Waals surface area contributed by atoms with Gasteiger partial charge in [-0.2, -0.15) is 0 Å². The van der Waals surface area contributed by atoms with E-state index in [9.17, 15) is 4.79 Å². The van der Waals surface area contributed by atoms with Crippen LogP contribution in [0.25, 0.3) is 0 Å². The molecule has 0 spiro atoms. The van der Waals surface area contributed by atoms with Crippen molar-refractivity contribution in [1.29, 1.82) is 5.41 Å². The molecule has 124 valence electrons. The molecule has 24 heavy (non-hydrogen) atoms. The van der Waals surface area contributed by atoms with Crippen LogP contribution in [0.5, 0.6) is 0 Å². The first-order valence-corrected chi connectivity index (χ1v) is 8.35. The van der Waals surface area contributed by atoms with Crippen molar-refractivity contribution in [2.75, 3.05) is 19.6 Å². The lowest BCUT2D eigenvalue weighted by molar-refractivity contribution is -0.120. The van der Waals surface area contributed by atoms with E-state index in [1.165, 1.54) is 11.1 Å². The van der Waals surface area contributed by atoms with E-state index in [-0.39, 0.29) is 11.8 Å². The van der Waals surface area contributed by atoms with E-state index in [0.717, 1.165) is 32.4 Å². The van der Waals surface area contributed by atoms with Gasteiger partial charge in [0.1, 0.15) is 0 Å². The molecule has 0 bridgehead atoms. The monoisotopic (exact) mass is 321 g/mol. The Morgan fingerprint density at radius 3 is 2.12 bits per heavy atom. The van der Waals surface area contributed by atoms with Crippen LogP contribution in [0.4, 0.5) is 0 Å². The zero-order chi connectivity index (χ0) is 16.8. The molecule has 1 saturated heterocycles. The minimum absolute atomic E-state index is 0.108. The Morgan fingerprint density at radius 1 is 0.958 bits per heavy atom. The van der Waals surface area contributed by atoms with Crippen molar-refractivity contribution < 1.29 is 4.79 Å². The summed E-state index contributed by atoms with van der Waals surface area (Å²) < 4.78 is 0. The predicted molar refractivity (Wildman–Crippen MR) is 96.1 cm³/mol. The molecule has 1 unspecified atom stereocenters. The third-order valence-corrected chi connectivity index (χ3v) is 4.52. The first-order valence-electron chi connectivity index (χ1n) is 8.35. The number of benzene rings is 2. The highest BCUT2D eigenvalue weighted by atomic mass is 16.1. The molecule has 0 saturated carbocycles. The summed E-state index contributed by atoms with van der Waals surface area (Å²) >= 11 is 0. The molecule has 1 fully saturated rings. The van der Waals surface area contributed by atoms with E-state index in [0.29, 0.717) is 6.54 Å². The van der Waals surface area contributed by atoms with Gasteiger partial charge >= 0.3 is 0 Å². The van der Waals surface area contributed by atoms with Gasteiger partial charge in [0.25, 0.3) is 0 Å². The molecule has 1 N–H and O–H groups in total. The number of ketones is 1. The maximum absolute atomic E-state index is 12.3. The van der Waals surface area contributed by atoms with E-state index in [2.05, 4.69) is 34.1 Å². The Labute approximate surface area is 143 Å². The Kier molecular flexibility index (Phi) is 5.51. The van der Waals surface area contributed by atoms with E-state index in [1.54, 1.807) is 0 Å². The summed E-state index contributed by atoms with van der Waals surface area (Å²) in [4.78, 5) is 16.8. The normalized spacial score (nSPS) is 19.1. The molecule has 0 aliphatic carbocycles. The molecular weight excluding hydrogens is 298 g/mol. The second kappa shape index (κ2) is 7.99. The number of hydrogen-bond donors (Lipinski definition) is 1. The molecule has 1 aliphatic rings. The van der Waals surface area contributed by atoms with Gasteiger partial charge in [-0.15, -0.1) is 0 Å². The average Bonchev–Trinajstić information content (AvgIpc) is 2.64.